The predicted octanol–water partition coefficient (Wildman–Crippen LogP) is 2.63. The quantitative estimate of drug-likeness (QED) is 0.849. The molecule has 0 spiro atoms. The van der Waals surface area contributed by atoms with Crippen molar-refractivity contribution in [1.29, 1.82) is 0 Å². The lowest BCUT2D eigenvalue weighted by atomic mass is 10.1. The topological polar surface area (TPSA) is 74.2 Å². The Bertz CT molecular complexity index is 584. The van der Waals surface area contributed by atoms with Crippen molar-refractivity contribution in [2.45, 2.75) is 45.8 Å². The zero-order valence-electron chi connectivity index (χ0n) is 12.3. The Morgan fingerprint density at radius 2 is 2.19 bits per heavy atom. The molecule has 0 aliphatic heterocycles. The molecule has 0 saturated heterocycles. The fourth-order valence-electron chi connectivity index (χ4n) is 2.01. The molecule has 0 bridgehead atoms. The van der Waals surface area contributed by atoms with Gasteiger partial charge in [-0.05, 0) is 37.5 Å². The van der Waals surface area contributed by atoms with E-state index in [4.69, 9.17) is 15.0 Å². The van der Waals surface area contributed by atoms with Gasteiger partial charge in [-0.3, -0.25) is 0 Å². The molecule has 0 aliphatic rings. The summed E-state index contributed by atoms with van der Waals surface area (Å²) in [6, 6.07) is 4.53. The minimum Gasteiger partial charge on any atom is -0.484 e. The van der Waals surface area contributed by atoms with Crippen molar-refractivity contribution in [2.24, 2.45) is 5.73 Å². The van der Waals surface area contributed by atoms with E-state index in [1.807, 2.05) is 13.8 Å². The van der Waals surface area contributed by atoms with Crippen molar-refractivity contribution in [3.05, 3.63) is 41.3 Å². The molecule has 114 valence electrons. The summed E-state index contributed by atoms with van der Waals surface area (Å²) >= 11 is 0. The van der Waals surface area contributed by atoms with Crippen LogP contribution in [0.15, 0.2) is 22.7 Å². The van der Waals surface area contributed by atoms with Crippen LogP contribution in [0.2, 0.25) is 0 Å². The average Bonchev–Trinajstić information content (AvgIpc) is 2.83. The molecule has 5 nitrogen and oxygen atoms in total. The van der Waals surface area contributed by atoms with E-state index in [9.17, 15) is 4.39 Å². The first-order valence-corrected chi connectivity index (χ1v) is 7.06. The van der Waals surface area contributed by atoms with E-state index in [-0.39, 0.29) is 18.5 Å². The maximum Gasteiger partial charge on any atom is 0.264 e. The SMILES string of the molecule is CCCc1noc(COc2cc(F)cc(CC(C)N)c2)n1. The first-order valence-electron chi connectivity index (χ1n) is 7.06. The highest BCUT2D eigenvalue weighted by Gasteiger charge is 2.08. The molecule has 0 saturated carbocycles. The van der Waals surface area contributed by atoms with E-state index in [2.05, 4.69) is 10.1 Å². The van der Waals surface area contributed by atoms with Crippen LogP contribution in [0.4, 0.5) is 4.39 Å². The van der Waals surface area contributed by atoms with Crippen LogP contribution in [0.5, 0.6) is 5.75 Å². The van der Waals surface area contributed by atoms with Crippen molar-refractivity contribution in [1.82, 2.24) is 10.1 Å². The number of nitrogens with two attached hydrogens (primary N) is 1. The minimum absolute atomic E-state index is 0.0350. The molecule has 21 heavy (non-hydrogen) atoms. The molecule has 1 atom stereocenters. The summed E-state index contributed by atoms with van der Waals surface area (Å²) in [7, 11) is 0. The second-order valence-corrected chi connectivity index (χ2v) is 5.12. The molecule has 0 aliphatic carbocycles. The number of aromatic nitrogens is 2. The van der Waals surface area contributed by atoms with E-state index < -0.39 is 0 Å². The number of halogens is 1. The van der Waals surface area contributed by atoms with Crippen LogP contribution in [0, 0.1) is 5.82 Å². The van der Waals surface area contributed by atoms with Crippen LogP contribution in [-0.2, 0) is 19.4 Å². The van der Waals surface area contributed by atoms with E-state index in [1.54, 1.807) is 6.07 Å². The van der Waals surface area contributed by atoms with E-state index >= 15 is 0 Å². The molecule has 2 N–H and O–H groups in total. The maximum atomic E-state index is 13.5. The molecule has 1 heterocycles. The second-order valence-electron chi connectivity index (χ2n) is 5.12. The lowest BCUT2D eigenvalue weighted by Crippen LogP contribution is -2.17. The molecule has 6 heteroatoms. The molecular weight excluding hydrogens is 273 g/mol. The number of nitrogens with zero attached hydrogens (tertiary/aromatic N) is 2. The summed E-state index contributed by atoms with van der Waals surface area (Å²) < 4.78 is 24.1. The molecule has 2 aromatic rings. The highest BCUT2D eigenvalue weighted by molar-refractivity contribution is 5.30. The summed E-state index contributed by atoms with van der Waals surface area (Å²) in [5.41, 5.74) is 6.53. The molecule has 1 unspecified atom stereocenters. The molecule has 0 radical (unpaired) electrons. The number of benzene rings is 1. The van der Waals surface area contributed by atoms with Gasteiger partial charge in [0.1, 0.15) is 11.6 Å². The van der Waals surface area contributed by atoms with Gasteiger partial charge in [-0.2, -0.15) is 4.98 Å². The summed E-state index contributed by atoms with van der Waals surface area (Å²) in [5, 5.41) is 3.84. The van der Waals surface area contributed by atoms with E-state index in [0.29, 0.717) is 23.9 Å². The van der Waals surface area contributed by atoms with Gasteiger partial charge in [0.25, 0.3) is 5.89 Å². The van der Waals surface area contributed by atoms with Gasteiger partial charge in [-0.15, -0.1) is 0 Å². The summed E-state index contributed by atoms with van der Waals surface area (Å²) in [6.45, 7) is 4.04. The van der Waals surface area contributed by atoms with Gasteiger partial charge in [0.05, 0.1) is 0 Å². The van der Waals surface area contributed by atoms with Crippen molar-refractivity contribution in [2.75, 3.05) is 0 Å². The summed E-state index contributed by atoms with van der Waals surface area (Å²) in [4.78, 5) is 4.19. The van der Waals surface area contributed by atoms with E-state index in [0.717, 1.165) is 18.4 Å². The van der Waals surface area contributed by atoms with E-state index in [1.165, 1.54) is 12.1 Å². The molecule has 1 aromatic heterocycles. The molecule has 1 aromatic carbocycles. The average molecular weight is 293 g/mol. The van der Waals surface area contributed by atoms with Gasteiger partial charge in [-0.1, -0.05) is 12.1 Å². The molecular formula is C15H20FN3O2. The zero-order valence-corrected chi connectivity index (χ0v) is 12.3. The Hall–Kier alpha value is -1.95. The molecule has 0 fully saturated rings. The van der Waals surface area contributed by atoms with Crippen molar-refractivity contribution in [3.63, 3.8) is 0 Å². The molecule has 0 amide bonds. The van der Waals surface area contributed by atoms with Crippen LogP contribution in [0.1, 0.15) is 37.5 Å². The Balaban J connectivity index is 1.99. The Morgan fingerprint density at radius 1 is 1.38 bits per heavy atom. The van der Waals surface area contributed by atoms with Crippen molar-refractivity contribution < 1.29 is 13.7 Å². The van der Waals surface area contributed by atoms with Crippen LogP contribution < -0.4 is 10.5 Å². The highest BCUT2D eigenvalue weighted by atomic mass is 19.1. The van der Waals surface area contributed by atoms with Gasteiger partial charge in [-0.25, -0.2) is 4.39 Å². The lowest BCUT2D eigenvalue weighted by molar-refractivity contribution is 0.241. The third-order valence-corrected chi connectivity index (χ3v) is 2.83. The highest BCUT2D eigenvalue weighted by Crippen LogP contribution is 2.18. The number of rotatable bonds is 7. The number of hydrogen-bond acceptors (Lipinski definition) is 5. The van der Waals surface area contributed by atoms with Gasteiger partial charge in [0.15, 0.2) is 12.4 Å². The Morgan fingerprint density at radius 3 is 2.90 bits per heavy atom. The maximum absolute atomic E-state index is 13.5. The summed E-state index contributed by atoms with van der Waals surface area (Å²) in [5.74, 6) is 1.13. The Labute approximate surface area is 123 Å². The van der Waals surface area contributed by atoms with Crippen molar-refractivity contribution >= 4 is 0 Å². The predicted molar refractivity (Wildman–Crippen MR) is 76.4 cm³/mol. The first-order chi connectivity index (χ1) is 10.1. The summed E-state index contributed by atoms with van der Waals surface area (Å²) in [6.07, 6.45) is 2.31. The normalized spacial score (nSPS) is 12.4. The number of ether oxygens (including phenoxy) is 1. The van der Waals surface area contributed by atoms with Crippen LogP contribution in [0.3, 0.4) is 0 Å². The first kappa shape index (κ1) is 15.4. The fraction of sp³-hybridized carbons (Fsp3) is 0.467. The van der Waals surface area contributed by atoms with Crippen LogP contribution >= 0.6 is 0 Å². The Kier molecular flexibility index (Phi) is 5.27. The monoisotopic (exact) mass is 293 g/mol. The zero-order chi connectivity index (χ0) is 15.2. The minimum atomic E-state index is -0.347. The molecule has 2 rings (SSSR count). The number of aryl methyl sites for hydroxylation is 1. The van der Waals surface area contributed by atoms with Gasteiger partial charge in [0.2, 0.25) is 0 Å². The largest absolute Gasteiger partial charge is 0.484 e. The second kappa shape index (κ2) is 7.17. The standard InChI is InChI=1S/C15H20FN3O2/c1-3-4-14-18-15(21-19-14)9-20-13-7-11(5-10(2)17)6-12(16)8-13/h6-8,10H,3-5,9,17H2,1-2H3. The van der Waals surface area contributed by atoms with Crippen LogP contribution in [0.25, 0.3) is 0 Å². The third-order valence-electron chi connectivity index (χ3n) is 2.83. The number of hydrogen-bond donors (Lipinski definition) is 1. The van der Waals surface area contributed by atoms with Crippen LogP contribution in [-0.4, -0.2) is 16.2 Å². The lowest BCUT2D eigenvalue weighted by Gasteiger charge is -2.09. The van der Waals surface area contributed by atoms with Gasteiger partial charge in [0, 0.05) is 18.5 Å². The smallest absolute Gasteiger partial charge is 0.264 e. The van der Waals surface area contributed by atoms with Gasteiger partial charge < -0.3 is 15.0 Å². The van der Waals surface area contributed by atoms with Crippen molar-refractivity contribution in [3.8, 4) is 5.75 Å². The van der Waals surface area contributed by atoms with Gasteiger partial charge >= 0.3 is 0 Å². The third kappa shape index (κ3) is 4.82. The fourth-order valence-corrected chi connectivity index (χ4v) is 2.01.